The zero-order valence-electron chi connectivity index (χ0n) is 4.31. The molecule has 8 heavy (non-hydrogen) atoms. The molecule has 2 nitrogen and oxygen atoms in total. The van der Waals surface area contributed by atoms with Crippen LogP contribution >= 0.6 is 27.7 Å². The lowest BCUT2D eigenvalue weighted by Gasteiger charge is -1.85. The molecular formula is C4H5BrO2S. The highest BCUT2D eigenvalue weighted by molar-refractivity contribution is 9.18. The second-order valence-corrected chi connectivity index (χ2v) is 3.17. The van der Waals surface area contributed by atoms with Crippen LogP contribution in [0.3, 0.4) is 0 Å². The van der Waals surface area contributed by atoms with E-state index in [1.54, 1.807) is 0 Å². The minimum atomic E-state index is -0.141. The Morgan fingerprint density at radius 2 is 2.12 bits per heavy atom. The van der Waals surface area contributed by atoms with Crippen molar-refractivity contribution in [1.82, 2.24) is 0 Å². The molecule has 0 heterocycles. The number of halogens is 1. The Balaban J connectivity index is 3.18. The predicted molar refractivity (Wildman–Crippen MR) is 37.1 cm³/mol. The summed E-state index contributed by atoms with van der Waals surface area (Å²) in [7, 11) is 0. The number of carbonyl (C=O) groups is 2. The van der Waals surface area contributed by atoms with Crippen LogP contribution in [0.1, 0.15) is 6.92 Å². The van der Waals surface area contributed by atoms with E-state index in [0.717, 1.165) is 11.8 Å². The van der Waals surface area contributed by atoms with Crippen molar-refractivity contribution in [3.05, 3.63) is 0 Å². The van der Waals surface area contributed by atoms with Crippen LogP contribution in [0.25, 0.3) is 0 Å². The molecule has 0 fully saturated rings. The quantitative estimate of drug-likeness (QED) is 0.623. The molecule has 0 N–H and O–H groups in total. The second kappa shape index (κ2) is 4.09. The fourth-order valence-corrected chi connectivity index (χ4v) is 0.818. The molecule has 0 rings (SSSR count). The first-order valence-corrected chi connectivity index (χ1v) is 3.72. The highest BCUT2D eigenvalue weighted by Gasteiger charge is 1.97. The van der Waals surface area contributed by atoms with Crippen molar-refractivity contribution in [3.8, 4) is 0 Å². The van der Waals surface area contributed by atoms with Crippen LogP contribution < -0.4 is 0 Å². The topological polar surface area (TPSA) is 34.1 Å². The average Bonchev–Trinajstić information content (AvgIpc) is 1.61. The molecule has 4 heteroatoms. The Labute approximate surface area is 60.1 Å². The molecule has 0 aromatic heterocycles. The molecule has 46 valence electrons. The van der Waals surface area contributed by atoms with Crippen molar-refractivity contribution in [3.63, 3.8) is 0 Å². The Morgan fingerprint density at radius 1 is 1.62 bits per heavy atom. The van der Waals surface area contributed by atoms with Gasteiger partial charge in [-0.25, -0.2) is 0 Å². The van der Waals surface area contributed by atoms with E-state index in [1.165, 1.54) is 6.92 Å². The summed E-state index contributed by atoms with van der Waals surface area (Å²) in [6, 6.07) is 0. The van der Waals surface area contributed by atoms with E-state index in [1.807, 2.05) is 0 Å². The maximum Gasteiger partial charge on any atom is 0.208 e. The van der Waals surface area contributed by atoms with Gasteiger partial charge in [-0.15, -0.1) is 0 Å². The SMILES string of the molecule is CC(=O)SCC(=O)Br. The maximum absolute atomic E-state index is 10.1. The smallest absolute Gasteiger partial charge is 0.208 e. The lowest BCUT2D eigenvalue weighted by Crippen LogP contribution is -1.92. The zero-order chi connectivity index (χ0) is 6.57. The van der Waals surface area contributed by atoms with Crippen molar-refractivity contribution >= 4 is 37.5 Å². The van der Waals surface area contributed by atoms with Crippen LogP contribution in [0.4, 0.5) is 0 Å². The molecule has 0 aliphatic carbocycles. The van der Waals surface area contributed by atoms with Crippen molar-refractivity contribution < 1.29 is 9.59 Å². The second-order valence-electron chi connectivity index (χ2n) is 1.14. The Kier molecular flexibility index (Phi) is 4.18. The van der Waals surface area contributed by atoms with E-state index in [9.17, 15) is 9.59 Å². The van der Waals surface area contributed by atoms with Crippen LogP contribution in [0, 0.1) is 0 Å². The van der Waals surface area contributed by atoms with Crippen LogP contribution in [0.2, 0.25) is 0 Å². The Morgan fingerprint density at radius 3 is 2.25 bits per heavy atom. The van der Waals surface area contributed by atoms with Gasteiger partial charge in [0.1, 0.15) is 0 Å². The summed E-state index contributed by atoms with van der Waals surface area (Å²) in [6.07, 6.45) is 0. The summed E-state index contributed by atoms with van der Waals surface area (Å²) in [5, 5.41) is -0.0298. The summed E-state index contributed by atoms with van der Waals surface area (Å²) in [5.74, 6) is 0.231. The van der Waals surface area contributed by atoms with Crippen molar-refractivity contribution in [1.29, 1.82) is 0 Å². The number of hydrogen-bond donors (Lipinski definition) is 0. The first-order valence-electron chi connectivity index (χ1n) is 1.94. The fraction of sp³-hybridized carbons (Fsp3) is 0.500. The molecule has 0 atom stereocenters. The minimum Gasteiger partial charge on any atom is -0.288 e. The van der Waals surface area contributed by atoms with Gasteiger partial charge in [0.2, 0.25) is 4.69 Å². The molecule has 0 unspecified atom stereocenters. The molecule has 0 amide bonds. The van der Waals surface area contributed by atoms with E-state index in [2.05, 4.69) is 15.9 Å². The Hall–Kier alpha value is 0.170. The van der Waals surface area contributed by atoms with Gasteiger partial charge in [0.05, 0.1) is 5.75 Å². The lowest BCUT2D eigenvalue weighted by molar-refractivity contribution is -0.110. The molecular weight excluding hydrogens is 192 g/mol. The molecule has 0 saturated carbocycles. The molecule has 0 saturated heterocycles. The fourth-order valence-electron chi connectivity index (χ4n) is 0.158. The van der Waals surface area contributed by atoms with Gasteiger partial charge in [0, 0.05) is 6.92 Å². The molecule has 0 radical (unpaired) electrons. The van der Waals surface area contributed by atoms with E-state index < -0.39 is 0 Å². The minimum absolute atomic E-state index is 0.0298. The van der Waals surface area contributed by atoms with Gasteiger partial charge >= 0.3 is 0 Å². The average molecular weight is 197 g/mol. The third-order valence-electron chi connectivity index (χ3n) is 0.389. The summed E-state index contributed by atoms with van der Waals surface area (Å²) in [5.41, 5.74) is 0. The van der Waals surface area contributed by atoms with Crippen LogP contribution in [0.15, 0.2) is 0 Å². The van der Waals surface area contributed by atoms with Gasteiger partial charge in [-0.1, -0.05) is 11.8 Å². The largest absolute Gasteiger partial charge is 0.288 e. The van der Waals surface area contributed by atoms with Gasteiger partial charge in [0.25, 0.3) is 0 Å². The van der Waals surface area contributed by atoms with Gasteiger partial charge in [0.15, 0.2) is 5.12 Å². The van der Waals surface area contributed by atoms with E-state index >= 15 is 0 Å². The highest BCUT2D eigenvalue weighted by Crippen LogP contribution is 2.02. The molecule has 0 aliphatic rings. The first-order chi connectivity index (χ1) is 3.63. The van der Waals surface area contributed by atoms with Crippen LogP contribution in [0.5, 0.6) is 0 Å². The van der Waals surface area contributed by atoms with Gasteiger partial charge in [-0.3, -0.25) is 9.59 Å². The zero-order valence-corrected chi connectivity index (χ0v) is 6.71. The standard InChI is InChI=1S/C4H5BrO2S/c1-3(6)8-2-4(5)7/h2H2,1H3. The third-order valence-corrected chi connectivity index (χ3v) is 1.85. The molecule has 0 aromatic carbocycles. The maximum atomic E-state index is 10.1. The first kappa shape index (κ1) is 8.17. The summed E-state index contributed by atoms with van der Waals surface area (Å²) < 4.78 is -0.141. The highest BCUT2D eigenvalue weighted by atomic mass is 79.9. The number of rotatable bonds is 2. The van der Waals surface area contributed by atoms with Crippen LogP contribution in [-0.2, 0) is 9.59 Å². The Bertz CT molecular complexity index is 98.6. The van der Waals surface area contributed by atoms with Crippen molar-refractivity contribution in [2.24, 2.45) is 0 Å². The molecule has 0 aliphatic heterocycles. The third kappa shape index (κ3) is 6.17. The van der Waals surface area contributed by atoms with E-state index in [0.29, 0.717) is 0 Å². The normalized spacial score (nSPS) is 8.75. The molecule has 0 bridgehead atoms. The van der Waals surface area contributed by atoms with E-state index in [4.69, 9.17) is 0 Å². The van der Waals surface area contributed by atoms with Gasteiger partial charge in [-0.05, 0) is 15.9 Å². The van der Waals surface area contributed by atoms with Crippen LogP contribution in [-0.4, -0.2) is 15.6 Å². The summed E-state index contributed by atoms with van der Waals surface area (Å²) in [6.45, 7) is 1.43. The summed E-state index contributed by atoms with van der Waals surface area (Å²) >= 11 is 3.69. The summed E-state index contributed by atoms with van der Waals surface area (Å²) in [4.78, 5) is 20.2. The van der Waals surface area contributed by atoms with Crippen molar-refractivity contribution in [2.45, 2.75) is 6.92 Å². The van der Waals surface area contributed by atoms with Gasteiger partial charge < -0.3 is 0 Å². The number of carbonyl (C=O) groups excluding carboxylic acids is 2. The van der Waals surface area contributed by atoms with Crippen molar-refractivity contribution in [2.75, 3.05) is 5.75 Å². The predicted octanol–water partition coefficient (Wildman–Crippen LogP) is 1.19. The molecule has 0 aromatic rings. The van der Waals surface area contributed by atoms with E-state index in [-0.39, 0.29) is 15.6 Å². The van der Waals surface area contributed by atoms with Gasteiger partial charge in [-0.2, -0.15) is 0 Å². The molecule has 0 spiro atoms. The lowest BCUT2D eigenvalue weighted by atomic mass is 10.9. The number of hydrogen-bond acceptors (Lipinski definition) is 3. The monoisotopic (exact) mass is 196 g/mol. The number of thioether (sulfide) groups is 1.